The molecule has 0 aliphatic rings. The number of benzene rings is 3. The fourth-order valence-corrected chi connectivity index (χ4v) is 6.61. The molecule has 0 spiro atoms. The van der Waals surface area contributed by atoms with Crippen molar-refractivity contribution < 1.29 is 4.39 Å². The maximum Gasteiger partial charge on any atom is 0.191 e. The molecule has 0 bridgehead atoms. The number of fused-ring (bicyclic) bond motifs is 1. The third kappa shape index (κ3) is 5.24. The van der Waals surface area contributed by atoms with Crippen LogP contribution in [0.3, 0.4) is 0 Å². The van der Waals surface area contributed by atoms with Crippen LogP contribution in [0.5, 0.6) is 0 Å². The molecule has 33 heavy (non-hydrogen) atoms. The zero-order valence-corrected chi connectivity index (χ0v) is 20.5. The van der Waals surface area contributed by atoms with Gasteiger partial charge in [0, 0.05) is 16.3 Å². The molecule has 5 rings (SSSR count). The summed E-state index contributed by atoms with van der Waals surface area (Å²) >= 11 is 11.0. The number of nitrogens with zero attached hydrogens (tertiary/aromatic N) is 4. The van der Waals surface area contributed by atoms with E-state index in [9.17, 15) is 4.39 Å². The summed E-state index contributed by atoms with van der Waals surface area (Å²) in [5.74, 6) is 1.56. The summed E-state index contributed by atoms with van der Waals surface area (Å²) in [4.78, 5) is 4.71. The standard InChI is InChI=1S/C24H18ClFN4S3/c25-18-9-6-10-19(26)17(18)14-31-23-29-28-22(30(23)13-16-7-2-1-3-8-16)15-32-24-27-20-11-4-5-12-21(20)33-24/h1-12H,13-15H2. The van der Waals surface area contributed by atoms with E-state index in [0.717, 1.165) is 26.4 Å². The van der Waals surface area contributed by atoms with Crippen molar-refractivity contribution in [2.75, 3.05) is 0 Å². The van der Waals surface area contributed by atoms with E-state index < -0.39 is 0 Å². The number of halogens is 2. The van der Waals surface area contributed by atoms with Gasteiger partial charge in [0.05, 0.1) is 22.5 Å². The Morgan fingerprint density at radius 1 is 0.879 bits per heavy atom. The van der Waals surface area contributed by atoms with E-state index in [-0.39, 0.29) is 5.82 Å². The number of hydrogen-bond acceptors (Lipinski definition) is 6. The lowest BCUT2D eigenvalue weighted by Crippen LogP contribution is -2.06. The smallest absolute Gasteiger partial charge is 0.191 e. The second kappa shape index (κ2) is 10.3. The summed E-state index contributed by atoms with van der Waals surface area (Å²) < 4.78 is 18.5. The highest BCUT2D eigenvalue weighted by Crippen LogP contribution is 2.33. The van der Waals surface area contributed by atoms with E-state index in [1.54, 1.807) is 35.2 Å². The summed E-state index contributed by atoms with van der Waals surface area (Å²) in [7, 11) is 0. The van der Waals surface area contributed by atoms with Crippen LogP contribution in [0.4, 0.5) is 4.39 Å². The van der Waals surface area contributed by atoms with E-state index >= 15 is 0 Å². The highest BCUT2D eigenvalue weighted by Gasteiger charge is 2.16. The summed E-state index contributed by atoms with van der Waals surface area (Å²) in [5.41, 5.74) is 2.63. The average molecular weight is 513 g/mol. The van der Waals surface area contributed by atoms with E-state index in [4.69, 9.17) is 16.6 Å². The van der Waals surface area contributed by atoms with Crippen molar-refractivity contribution >= 4 is 56.7 Å². The monoisotopic (exact) mass is 512 g/mol. The van der Waals surface area contributed by atoms with Crippen molar-refractivity contribution in [3.05, 3.63) is 101 Å². The van der Waals surface area contributed by atoms with Crippen molar-refractivity contribution in [3.8, 4) is 0 Å². The Morgan fingerprint density at radius 3 is 2.52 bits per heavy atom. The van der Waals surface area contributed by atoms with Crippen LogP contribution in [0.25, 0.3) is 10.2 Å². The van der Waals surface area contributed by atoms with Crippen LogP contribution in [0.1, 0.15) is 17.0 Å². The molecule has 2 heterocycles. The van der Waals surface area contributed by atoms with Crippen molar-refractivity contribution in [3.63, 3.8) is 0 Å². The van der Waals surface area contributed by atoms with Crippen LogP contribution >= 0.6 is 46.5 Å². The van der Waals surface area contributed by atoms with Gasteiger partial charge in [-0.1, -0.05) is 83.7 Å². The van der Waals surface area contributed by atoms with Crippen molar-refractivity contribution in [2.24, 2.45) is 0 Å². The lowest BCUT2D eigenvalue weighted by Gasteiger charge is -2.11. The molecule has 0 saturated heterocycles. The summed E-state index contributed by atoms with van der Waals surface area (Å²) in [5, 5.41) is 10.0. The molecule has 0 atom stereocenters. The molecule has 0 unspecified atom stereocenters. The fourth-order valence-electron chi connectivity index (χ4n) is 3.30. The van der Waals surface area contributed by atoms with Gasteiger partial charge in [0.15, 0.2) is 9.50 Å². The number of hydrogen-bond donors (Lipinski definition) is 0. The maximum atomic E-state index is 14.3. The maximum absolute atomic E-state index is 14.3. The van der Waals surface area contributed by atoms with Gasteiger partial charge in [-0.3, -0.25) is 0 Å². The van der Waals surface area contributed by atoms with Crippen LogP contribution in [0.2, 0.25) is 5.02 Å². The molecule has 0 saturated carbocycles. The van der Waals surface area contributed by atoms with E-state index in [2.05, 4.69) is 33.0 Å². The normalized spacial score (nSPS) is 11.3. The fraction of sp³-hybridized carbons (Fsp3) is 0.125. The Bertz CT molecular complexity index is 1330. The number of aromatic nitrogens is 4. The van der Waals surface area contributed by atoms with Gasteiger partial charge in [-0.05, 0) is 29.8 Å². The molecule has 0 aliphatic heterocycles. The molecule has 0 amide bonds. The quantitative estimate of drug-likeness (QED) is 0.204. The first-order valence-electron chi connectivity index (χ1n) is 10.2. The Hall–Kier alpha value is -2.39. The predicted octanol–water partition coefficient (Wildman–Crippen LogP) is 7.31. The minimum atomic E-state index is -0.310. The minimum Gasteiger partial charge on any atom is -0.301 e. The summed E-state index contributed by atoms with van der Waals surface area (Å²) in [6, 6.07) is 23.0. The van der Waals surface area contributed by atoms with Gasteiger partial charge in [0.25, 0.3) is 0 Å². The minimum absolute atomic E-state index is 0.310. The van der Waals surface area contributed by atoms with Crippen molar-refractivity contribution in [2.45, 2.75) is 27.5 Å². The first-order valence-corrected chi connectivity index (χ1v) is 13.3. The van der Waals surface area contributed by atoms with Gasteiger partial charge in [-0.15, -0.1) is 21.5 Å². The SMILES string of the molecule is Fc1cccc(Cl)c1CSc1nnc(CSc2nc3ccccc3s2)n1Cc1ccccc1. The number of thiazole rings is 1. The van der Waals surface area contributed by atoms with E-state index in [1.807, 2.05) is 36.4 Å². The molecule has 0 aliphatic carbocycles. The third-order valence-corrected chi connectivity index (χ3v) is 8.51. The molecule has 166 valence electrons. The van der Waals surface area contributed by atoms with E-state index in [1.165, 1.54) is 22.5 Å². The van der Waals surface area contributed by atoms with Gasteiger partial charge in [0.2, 0.25) is 0 Å². The Kier molecular flexibility index (Phi) is 6.96. The Morgan fingerprint density at radius 2 is 1.70 bits per heavy atom. The van der Waals surface area contributed by atoms with Crippen LogP contribution < -0.4 is 0 Å². The lowest BCUT2D eigenvalue weighted by atomic mass is 10.2. The van der Waals surface area contributed by atoms with Gasteiger partial charge in [-0.25, -0.2) is 9.37 Å². The molecule has 2 aromatic heterocycles. The van der Waals surface area contributed by atoms with Gasteiger partial charge in [0.1, 0.15) is 11.6 Å². The first kappa shape index (κ1) is 22.4. The molecule has 3 aromatic carbocycles. The molecule has 5 aromatic rings. The van der Waals surface area contributed by atoms with Crippen LogP contribution in [-0.2, 0) is 18.1 Å². The largest absolute Gasteiger partial charge is 0.301 e. The average Bonchev–Trinajstić information content (AvgIpc) is 3.41. The highest BCUT2D eigenvalue weighted by atomic mass is 35.5. The Labute approximate surface area is 208 Å². The molecular formula is C24H18ClFN4S3. The van der Waals surface area contributed by atoms with Crippen LogP contribution in [0.15, 0.2) is 82.3 Å². The van der Waals surface area contributed by atoms with Crippen LogP contribution in [0, 0.1) is 5.82 Å². The Balaban J connectivity index is 1.38. The molecule has 0 radical (unpaired) electrons. The zero-order chi connectivity index (χ0) is 22.6. The number of rotatable bonds is 8. The van der Waals surface area contributed by atoms with Crippen LogP contribution in [-0.4, -0.2) is 19.7 Å². The second-order valence-corrected chi connectivity index (χ2v) is 10.8. The highest BCUT2D eigenvalue weighted by molar-refractivity contribution is 8.00. The van der Waals surface area contributed by atoms with Crippen molar-refractivity contribution in [1.82, 2.24) is 19.7 Å². The zero-order valence-electron chi connectivity index (χ0n) is 17.3. The number of para-hydroxylation sites is 1. The van der Waals surface area contributed by atoms with Gasteiger partial charge in [-0.2, -0.15) is 0 Å². The lowest BCUT2D eigenvalue weighted by molar-refractivity contribution is 0.617. The molecule has 9 heteroatoms. The summed E-state index contributed by atoms with van der Waals surface area (Å²) in [6.45, 7) is 0.636. The van der Waals surface area contributed by atoms with Gasteiger partial charge < -0.3 is 4.57 Å². The number of thioether (sulfide) groups is 2. The van der Waals surface area contributed by atoms with Crippen molar-refractivity contribution in [1.29, 1.82) is 0 Å². The van der Waals surface area contributed by atoms with E-state index in [0.29, 0.717) is 28.6 Å². The molecular weight excluding hydrogens is 495 g/mol. The molecule has 0 N–H and O–H groups in total. The summed E-state index contributed by atoms with van der Waals surface area (Å²) in [6.07, 6.45) is 0. The van der Waals surface area contributed by atoms with Gasteiger partial charge >= 0.3 is 0 Å². The molecule has 0 fully saturated rings. The second-order valence-electron chi connectivity index (χ2n) is 7.20. The third-order valence-electron chi connectivity index (χ3n) is 4.98. The first-order chi connectivity index (χ1) is 16.2. The predicted molar refractivity (Wildman–Crippen MR) is 136 cm³/mol. The topological polar surface area (TPSA) is 43.6 Å². The molecule has 4 nitrogen and oxygen atoms in total.